The van der Waals surface area contributed by atoms with Gasteiger partial charge in [0.2, 0.25) is 0 Å². The molecule has 11 nitrogen and oxygen atoms in total. The van der Waals surface area contributed by atoms with Crippen LogP contribution >= 0.6 is 11.3 Å². The molecule has 0 N–H and O–H groups in total. The zero-order valence-corrected chi connectivity index (χ0v) is 20.3. The summed E-state index contributed by atoms with van der Waals surface area (Å²) in [5, 5.41) is 12.2. The molecule has 2 aromatic carbocycles. The predicted molar refractivity (Wildman–Crippen MR) is 127 cm³/mol. The van der Waals surface area contributed by atoms with Gasteiger partial charge in [-0.05, 0) is 12.1 Å². The minimum absolute atomic E-state index is 0.0751. The third-order valence-electron chi connectivity index (χ3n) is 5.54. The number of carbonyl (C=O) groups excluding carboxylic acids is 1. The van der Waals surface area contributed by atoms with Gasteiger partial charge in [-0.3, -0.25) is 14.9 Å². The molecule has 0 bridgehead atoms. The van der Waals surface area contributed by atoms with E-state index in [4.69, 9.17) is 9.47 Å². The molecule has 0 aliphatic carbocycles. The normalized spacial score (nSPS) is 14.3. The van der Waals surface area contributed by atoms with Crippen molar-refractivity contribution in [1.82, 2.24) is 9.88 Å². The van der Waals surface area contributed by atoms with Crippen molar-refractivity contribution in [2.75, 3.05) is 51.6 Å². The van der Waals surface area contributed by atoms with Crippen LogP contribution in [0.1, 0.15) is 10.4 Å². The Kier molecular flexibility index (Phi) is 6.32. The number of benzene rings is 2. The van der Waals surface area contributed by atoms with E-state index in [0.29, 0.717) is 36.8 Å². The Hall–Kier alpha value is -3.45. The van der Waals surface area contributed by atoms with Crippen molar-refractivity contribution in [3.8, 4) is 11.5 Å². The molecule has 1 amide bonds. The van der Waals surface area contributed by atoms with Gasteiger partial charge in [0.15, 0.2) is 26.5 Å². The number of amides is 1. The van der Waals surface area contributed by atoms with Crippen molar-refractivity contribution in [3.05, 3.63) is 46.0 Å². The van der Waals surface area contributed by atoms with Gasteiger partial charge in [0.05, 0.1) is 34.8 Å². The number of sulfone groups is 1. The summed E-state index contributed by atoms with van der Waals surface area (Å²) in [6.45, 7) is 1.53. The van der Waals surface area contributed by atoms with Gasteiger partial charge in [0.25, 0.3) is 11.6 Å². The van der Waals surface area contributed by atoms with E-state index in [9.17, 15) is 23.3 Å². The summed E-state index contributed by atoms with van der Waals surface area (Å²) in [5.74, 6) is -0.0814. The summed E-state index contributed by atoms with van der Waals surface area (Å²) < 4.78 is 35.3. The number of hydrogen-bond acceptors (Lipinski definition) is 10. The molecule has 0 spiro atoms. The minimum Gasteiger partial charge on any atom is -0.493 e. The van der Waals surface area contributed by atoms with Gasteiger partial charge >= 0.3 is 0 Å². The highest BCUT2D eigenvalue weighted by Crippen LogP contribution is 2.36. The number of nitrogens with zero attached hydrogens (tertiary/aromatic N) is 4. The van der Waals surface area contributed by atoms with E-state index in [0.717, 1.165) is 11.0 Å². The molecule has 0 atom stereocenters. The van der Waals surface area contributed by atoms with E-state index >= 15 is 0 Å². The smallest absolute Gasteiger partial charge is 0.286 e. The molecular formula is C21H22N4O7S2. The lowest BCUT2D eigenvalue weighted by Gasteiger charge is -2.34. The highest BCUT2D eigenvalue weighted by molar-refractivity contribution is 7.91. The Morgan fingerprint density at radius 1 is 1.12 bits per heavy atom. The maximum atomic E-state index is 13.2. The molecule has 3 aromatic rings. The second kappa shape index (κ2) is 9.06. The summed E-state index contributed by atoms with van der Waals surface area (Å²) >= 11 is 1.38. The largest absolute Gasteiger partial charge is 0.493 e. The molecule has 1 saturated heterocycles. The van der Waals surface area contributed by atoms with Crippen LogP contribution in [-0.4, -0.2) is 75.8 Å². The topological polar surface area (TPSA) is 132 Å². The van der Waals surface area contributed by atoms with Crippen molar-refractivity contribution >= 4 is 48.1 Å². The Morgan fingerprint density at radius 3 is 2.35 bits per heavy atom. The van der Waals surface area contributed by atoms with E-state index < -0.39 is 20.7 Å². The van der Waals surface area contributed by atoms with Gasteiger partial charge in [0, 0.05) is 38.5 Å². The molecule has 0 unspecified atom stereocenters. The molecule has 180 valence electrons. The molecule has 34 heavy (non-hydrogen) atoms. The third kappa shape index (κ3) is 4.35. The summed E-state index contributed by atoms with van der Waals surface area (Å²) in [7, 11) is -0.664. The molecule has 13 heteroatoms. The van der Waals surface area contributed by atoms with Crippen LogP contribution in [0.2, 0.25) is 0 Å². The molecule has 1 aliphatic heterocycles. The van der Waals surface area contributed by atoms with Crippen LogP contribution in [0.5, 0.6) is 11.5 Å². The SMILES string of the molecule is COc1cc(C(=O)N2CCN(c3nc4c(S(C)(=O)=O)cccc4s3)CC2)c([N+](=O)[O-])cc1OC. The average molecular weight is 507 g/mol. The molecule has 1 aromatic heterocycles. The van der Waals surface area contributed by atoms with Crippen LogP contribution in [0.3, 0.4) is 0 Å². The molecule has 1 fully saturated rings. The number of piperazine rings is 1. The summed E-state index contributed by atoms with van der Waals surface area (Å²) in [6.07, 6.45) is 1.15. The second-order valence-electron chi connectivity index (χ2n) is 7.63. The number of nitro groups is 1. The molecule has 2 heterocycles. The van der Waals surface area contributed by atoms with Gasteiger partial charge < -0.3 is 19.3 Å². The lowest BCUT2D eigenvalue weighted by molar-refractivity contribution is -0.385. The number of hydrogen-bond donors (Lipinski definition) is 0. The second-order valence-corrected chi connectivity index (χ2v) is 10.6. The fourth-order valence-corrected chi connectivity index (χ4v) is 5.75. The first kappa shape index (κ1) is 23.7. The first-order valence-electron chi connectivity index (χ1n) is 10.2. The monoisotopic (exact) mass is 506 g/mol. The Labute approximate surface area is 199 Å². The fourth-order valence-electron chi connectivity index (χ4n) is 3.81. The van der Waals surface area contributed by atoms with Gasteiger partial charge in [-0.25, -0.2) is 13.4 Å². The number of methoxy groups -OCH3 is 2. The number of fused-ring (bicyclic) bond motifs is 1. The number of nitro benzene ring substituents is 1. The number of carbonyl (C=O) groups is 1. The number of anilines is 1. The number of ether oxygens (including phenoxy) is 2. The summed E-state index contributed by atoms with van der Waals surface area (Å²) in [5.41, 5.74) is 0.00268. The number of aromatic nitrogens is 1. The lowest BCUT2D eigenvalue weighted by atomic mass is 10.1. The molecule has 0 saturated carbocycles. The standard InChI is InChI=1S/C21H22N4O7S2/c1-31-15-11-13(14(25(27)28)12-16(15)32-2)20(26)23-7-9-24(10-8-23)21-22-19-17(33-21)5-4-6-18(19)34(3,29)30/h4-6,11-12H,7-10H2,1-3H3. The molecule has 1 aliphatic rings. The Morgan fingerprint density at radius 2 is 1.76 bits per heavy atom. The maximum Gasteiger partial charge on any atom is 0.286 e. The Bertz CT molecular complexity index is 1380. The fraction of sp³-hybridized carbons (Fsp3) is 0.333. The quantitative estimate of drug-likeness (QED) is 0.365. The van der Waals surface area contributed by atoms with Crippen molar-refractivity contribution in [2.45, 2.75) is 4.90 Å². The van der Waals surface area contributed by atoms with Crippen LogP contribution in [0, 0.1) is 10.1 Å². The van der Waals surface area contributed by atoms with E-state index in [1.54, 1.807) is 11.0 Å². The summed E-state index contributed by atoms with van der Waals surface area (Å²) in [4.78, 5) is 32.4. The average Bonchev–Trinajstić information content (AvgIpc) is 3.26. The highest BCUT2D eigenvalue weighted by Gasteiger charge is 2.30. The third-order valence-corrected chi connectivity index (χ3v) is 7.75. The van der Waals surface area contributed by atoms with Crippen LogP contribution in [0.15, 0.2) is 35.2 Å². The molecule has 0 radical (unpaired) electrons. The molecule has 4 rings (SSSR count). The number of para-hydroxylation sites is 1. The Balaban J connectivity index is 1.56. The summed E-state index contributed by atoms with van der Waals surface area (Å²) in [6, 6.07) is 7.55. The maximum absolute atomic E-state index is 13.2. The number of rotatable bonds is 6. The van der Waals surface area contributed by atoms with E-state index in [1.165, 1.54) is 43.8 Å². The lowest BCUT2D eigenvalue weighted by Crippen LogP contribution is -2.48. The zero-order chi connectivity index (χ0) is 24.6. The first-order valence-corrected chi connectivity index (χ1v) is 12.9. The van der Waals surface area contributed by atoms with E-state index in [2.05, 4.69) is 4.98 Å². The predicted octanol–water partition coefficient (Wildman–Crippen LogP) is 2.59. The van der Waals surface area contributed by atoms with Crippen molar-refractivity contribution in [1.29, 1.82) is 0 Å². The van der Waals surface area contributed by atoms with Crippen LogP contribution < -0.4 is 14.4 Å². The first-order chi connectivity index (χ1) is 16.1. The van der Waals surface area contributed by atoms with Gasteiger partial charge in [-0.1, -0.05) is 17.4 Å². The van der Waals surface area contributed by atoms with Gasteiger partial charge in [-0.15, -0.1) is 0 Å². The van der Waals surface area contributed by atoms with Gasteiger partial charge in [-0.2, -0.15) is 0 Å². The van der Waals surface area contributed by atoms with Gasteiger partial charge in [0.1, 0.15) is 11.1 Å². The zero-order valence-electron chi connectivity index (χ0n) is 18.7. The number of thiazole rings is 1. The van der Waals surface area contributed by atoms with Crippen molar-refractivity contribution in [3.63, 3.8) is 0 Å². The van der Waals surface area contributed by atoms with Crippen molar-refractivity contribution < 1.29 is 27.6 Å². The van der Waals surface area contributed by atoms with E-state index in [-0.39, 0.29) is 27.6 Å². The molecular weight excluding hydrogens is 484 g/mol. The van der Waals surface area contributed by atoms with Crippen LogP contribution in [0.4, 0.5) is 10.8 Å². The van der Waals surface area contributed by atoms with Crippen LogP contribution in [0.25, 0.3) is 10.2 Å². The van der Waals surface area contributed by atoms with Crippen molar-refractivity contribution in [2.24, 2.45) is 0 Å². The van der Waals surface area contributed by atoms with Crippen LogP contribution in [-0.2, 0) is 9.84 Å². The van der Waals surface area contributed by atoms with E-state index in [1.807, 2.05) is 11.0 Å². The minimum atomic E-state index is -3.42. The highest BCUT2D eigenvalue weighted by atomic mass is 32.2.